The second kappa shape index (κ2) is 6.81. The molecule has 1 N–H and O–H groups in total. The number of ether oxygens (including phenoxy) is 1. The molecule has 106 valence electrons. The first-order chi connectivity index (χ1) is 9.58. The molecule has 0 unspecified atom stereocenters. The van der Waals surface area contributed by atoms with Crippen LogP contribution in [0.25, 0.3) is 0 Å². The van der Waals surface area contributed by atoms with E-state index in [9.17, 15) is 8.78 Å². The SMILES string of the molecule is CCNCc1ccc(Br)cc1Oc1cc(F)cc(F)c1. The van der Waals surface area contributed by atoms with E-state index in [1.54, 1.807) is 6.07 Å². The Morgan fingerprint density at radius 1 is 1.10 bits per heavy atom. The van der Waals surface area contributed by atoms with Crippen LogP contribution in [0.3, 0.4) is 0 Å². The lowest BCUT2D eigenvalue weighted by Gasteiger charge is -2.12. The van der Waals surface area contributed by atoms with Crippen LogP contribution < -0.4 is 10.1 Å². The number of halogens is 3. The summed E-state index contributed by atoms with van der Waals surface area (Å²) < 4.78 is 32.8. The van der Waals surface area contributed by atoms with Crippen molar-refractivity contribution in [3.63, 3.8) is 0 Å². The van der Waals surface area contributed by atoms with E-state index in [4.69, 9.17) is 4.74 Å². The van der Waals surface area contributed by atoms with Crippen LogP contribution in [0.1, 0.15) is 12.5 Å². The topological polar surface area (TPSA) is 21.3 Å². The third-order valence-corrected chi connectivity index (χ3v) is 3.15. The van der Waals surface area contributed by atoms with E-state index < -0.39 is 11.6 Å². The molecule has 0 aliphatic heterocycles. The molecule has 0 spiro atoms. The molecule has 0 atom stereocenters. The summed E-state index contributed by atoms with van der Waals surface area (Å²) in [5.74, 6) is -0.630. The fourth-order valence-corrected chi connectivity index (χ4v) is 2.08. The molecule has 0 radical (unpaired) electrons. The first-order valence-electron chi connectivity index (χ1n) is 6.21. The van der Waals surface area contributed by atoms with E-state index in [1.165, 1.54) is 0 Å². The van der Waals surface area contributed by atoms with Gasteiger partial charge in [0.05, 0.1) is 0 Å². The highest BCUT2D eigenvalue weighted by Gasteiger charge is 2.08. The summed E-state index contributed by atoms with van der Waals surface area (Å²) in [6.07, 6.45) is 0. The fourth-order valence-electron chi connectivity index (χ4n) is 1.74. The third-order valence-electron chi connectivity index (χ3n) is 2.66. The Kier molecular flexibility index (Phi) is 5.09. The van der Waals surface area contributed by atoms with E-state index in [0.29, 0.717) is 12.3 Å². The van der Waals surface area contributed by atoms with E-state index in [0.717, 1.165) is 34.8 Å². The normalized spacial score (nSPS) is 10.6. The van der Waals surface area contributed by atoms with Crippen LogP contribution in [0, 0.1) is 11.6 Å². The number of rotatable bonds is 5. The van der Waals surface area contributed by atoms with Gasteiger partial charge in [-0.3, -0.25) is 0 Å². The summed E-state index contributed by atoms with van der Waals surface area (Å²) in [6, 6.07) is 8.69. The zero-order chi connectivity index (χ0) is 14.5. The molecule has 0 fully saturated rings. The first-order valence-corrected chi connectivity index (χ1v) is 7.01. The van der Waals surface area contributed by atoms with Crippen LogP contribution in [0.5, 0.6) is 11.5 Å². The summed E-state index contributed by atoms with van der Waals surface area (Å²) in [6.45, 7) is 3.45. The first kappa shape index (κ1) is 14.9. The van der Waals surface area contributed by atoms with Crippen LogP contribution in [-0.4, -0.2) is 6.54 Å². The van der Waals surface area contributed by atoms with E-state index in [1.807, 2.05) is 19.1 Å². The van der Waals surface area contributed by atoms with E-state index in [-0.39, 0.29) is 5.75 Å². The van der Waals surface area contributed by atoms with Gasteiger partial charge in [-0.15, -0.1) is 0 Å². The summed E-state index contributed by atoms with van der Waals surface area (Å²) in [5.41, 5.74) is 0.916. The van der Waals surface area contributed by atoms with Crippen molar-refractivity contribution >= 4 is 15.9 Å². The molecular weight excluding hydrogens is 328 g/mol. The van der Waals surface area contributed by atoms with E-state index in [2.05, 4.69) is 21.2 Å². The van der Waals surface area contributed by atoms with Crippen molar-refractivity contribution in [1.82, 2.24) is 5.32 Å². The number of nitrogens with one attached hydrogen (secondary N) is 1. The second-order valence-electron chi connectivity index (χ2n) is 4.24. The molecule has 20 heavy (non-hydrogen) atoms. The van der Waals surface area contributed by atoms with Gasteiger partial charge in [-0.2, -0.15) is 0 Å². The molecule has 2 rings (SSSR count). The average molecular weight is 342 g/mol. The van der Waals surface area contributed by atoms with Gasteiger partial charge in [0.1, 0.15) is 23.1 Å². The molecule has 2 nitrogen and oxygen atoms in total. The minimum Gasteiger partial charge on any atom is -0.457 e. The van der Waals surface area contributed by atoms with Gasteiger partial charge in [-0.05, 0) is 18.7 Å². The zero-order valence-electron chi connectivity index (χ0n) is 10.9. The smallest absolute Gasteiger partial charge is 0.133 e. The highest BCUT2D eigenvalue weighted by molar-refractivity contribution is 9.10. The van der Waals surface area contributed by atoms with Crippen LogP contribution in [0.15, 0.2) is 40.9 Å². The number of hydrogen-bond donors (Lipinski definition) is 1. The monoisotopic (exact) mass is 341 g/mol. The van der Waals surface area contributed by atoms with Gasteiger partial charge >= 0.3 is 0 Å². The molecule has 5 heteroatoms. The van der Waals surface area contributed by atoms with Crippen molar-refractivity contribution in [2.24, 2.45) is 0 Å². The molecule has 0 aliphatic rings. The Morgan fingerprint density at radius 2 is 1.80 bits per heavy atom. The van der Waals surface area contributed by atoms with Gasteiger partial charge in [0.25, 0.3) is 0 Å². The lowest BCUT2D eigenvalue weighted by atomic mass is 10.2. The lowest BCUT2D eigenvalue weighted by molar-refractivity contribution is 0.460. The van der Waals surface area contributed by atoms with Crippen molar-refractivity contribution < 1.29 is 13.5 Å². The molecule has 0 amide bonds. The van der Waals surface area contributed by atoms with Crippen LogP contribution in [0.4, 0.5) is 8.78 Å². The molecule has 0 saturated carbocycles. The molecule has 2 aromatic carbocycles. The average Bonchev–Trinajstić information content (AvgIpc) is 2.36. The third kappa shape index (κ3) is 4.02. The van der Waals surface area contributed by atoms with Crippen LogP contribution in [-0.2, 0) is 6.54 Å². The summed E-state index contributed by atoms with van der Waals surface area (Å²) in [4.78, 5) is 0. The van der Waals surface area contributed by atoms with Crippen molar-refractivity contribution in [2.45, 2.75) is 13.5 Å². The minimum absolute atomic E-state index is 0.137. The van der Waals surface area contributed by atoms with Gasteiger partial charge in [0.15, 0.2) is 0 Å². The Balaban J connectivity index is 2.28. The Morgan fingerprint density at radius 3 is 2.45 bits per heavy atom. The molecule has 0 aromatic heterocycles. The maximum Gasteiger partial charge on any atom is 0.133 e. The minimum atomic E-state index is -0.664. The zero-order valence-corrected chi connectivity index (χ0v) is 12.5. The fraction of sp³-hybridized carbons (Fsp3) is 0.200. The molecule has 0 aliphatic carbocycles. The van der Waals surface area contributed by atoms with E-state index >= 15 is 0 Å². The Bertz CT molecular complexity index is 584. The van der Waals surface area contributed by atoms with Crippen molar-refractivity contribution in [3.8, 4) is 11.5 Å². The second-order valence-corrected chi connectivity index (χ2v) is 5.16. The van der Waals surface area contributed by atoms with Crippen molar-refractivity contribution in [1.29, 1.82) is 0 Å². The van der Waals surface area contributed by atoms with Gasteiger partial charge in [-0.1, -0.05) is 28.9 Å². The largest absolute Gasteiger partial charge is 0.457 e. The predicted octanol–water partition coefficient (Wildman–Crippen LogP) is 4.63. The summed E-state index contributed by atoms with van der Waals surface area (Å²) >= 11 is 3.36. The molecule has 0 saturated heterocycles. The highest BCUT2D eigenvalue weighted by Crippen LogP contribution is 2.29. The molecular formula is C15H14BrF2NO. The summed E-state index contributed by atoms with van der Waals surface area (Å²) in [5, 5.41) is 3.19. The van der Waals surface area contributed by atoms with Gasteiger partial charge in [0.2, 0.25) is 0 Å². The van der Waals surface area contributed by atoms with Crippen molar-refractivity contribution in [2.75, 3.05) is 6.54 Å². The quantitative estimate of drug-likeness (QED) is 0.856. The van der Waals surface area contributed by atoms with Crippen molar-refractivity contribution in [3.05, 3.63) is 58.1 Å². The number of benzene rings is 2. The molecule has 0 heterocycles. The lowest BCUT2D eigenvalue weighted by Crippen LogP contribution is -2.12. The Hall–Kier alpha value is -1.46. The van der Waals surface area contributed by atoms with Crippen LogP contribution >= 0.6 is 15.9 Å². The standard InChI is InChI=1S/C15H14BrF2NO/c1-2-19-9-10-3-4-11(16)5-15(10)20-14-7-12(17)6-13(18)8-14/h3-8,19H,2,9H2,1H3. The predicted molar refractivity (Wildman–Crippen MR) is 78.0 cm³/mol. The Labute approximate surface area is 124 Å². The highest BCUT2D eigenvalue weighted by atomic mass is 79.9. The molecule has 0 bridgehead atoms. The van der Waals surface area contributed by atoms with Crippen LogP contribution in [0.2, 0.25) is 0 Å². The van der Waals surface area contributed by atoms with Gasteiger partial charge in [0, 0.05) is 34.8 Å². The van der Waals surface area contributed by atoms with Gasteiger partial charge in [-0.25, -0.2) is 8.78 Å². The maximum absolute atomic E-state index is 13.2. The summed E-state index contributed by atoms with van der Waals surface area (Å²) in [7, 11) is 0. The van der Waals surface area contributed by atoms with Gasteiger partial charge < -0.3 is 10.1 Å². The maximum atomic E-state index is 13.2. The molecule has 2 aromatic rings. The number of hydrogen-bond acceptors (Lipinski definition) is 2.